The molecule has 0 radical (unpaired) electrons. The van der Waals surface area contributed by atoms with Gasteiger partial charge in [-0.1, -0.05) is 13.8 Å². The predicted octanol–water partition coefficient (Wildman–Crippen LogP) is 2.07. The monoisotopic (exact) mass is 206 g/mol. The maximum absolute atomic E-state index is 5.26. The minimum absolute atomic E-state index is 0.518. The highest BCUT2D eigenvalue weighted by atomic mass is 16.5. The Labute approximate surface area is 90.4 Å². The summed E-state index contributed by atoms with van der Waals surface area (Å²) in [6.45, 7) is 6.18. The first kappa shape index (κ1) is 9.40. The Morgan fingerprint density at radius 1 is 1.33 bits per heavy atom. The van der Waals surface area contributed by atoms with Crippen LogP contribution in [0.4, 0.5) is 0 Å². The highest BCUT2D eigenvalue weighted by Gasteiger charge is 2.30. The molecule has 3 heteroatoms. The van der Waals surface area contributed by atoms with E-state index in [9.17, 15) is 0 Å². The first-order chi connectivity index (χ1) is 7.27. The van der Waals surface area contributed by atoms with Crippen molar-refractivity contribution in [2.45, 2.75) is 45.1 Å². The molecule has 2 aliphatic rings. The van der Waals surface area contributed by atoms with Crippen LogP contribution in [0.5, 0.6) is 0 Å². The summed E-state index contributed by atoms with van der Waals surface area (Å²) in [5.41, 5.74) is 4.36. The molecule has 0 atom stereocenters. The van der Waals surface area contributed by atoms with E-state index in [0.717, 1.165) is 13.2 Å². The second-order valence-electron chi connectivity index (χ2n) is 4.95. The third kappa shape index (κ3) is 1.33. The zero-order valence-electron chi connectivity index (χ0n) is 9.49. The Hall–Kier alpha value is -0.830. The van der Waals surface area contributed by atoms with Gasteiger partial charge in [-0.25, -0.2) is 0 Å². The molecule has 3 nitrogen and oxygen atoms in total. The molecule has 15 heavy (non-hydrogen) atoms. The predicted molar refractivity (Wildman–Crippen MR) is 58.2 cm³/mol. The average Bonchev–Trinajstić information content (AvgIpc) is 2.63. The van der Waals surface area contributed by atoms with Gasteiger partial charge in [0, 0.05) is 5.69 Å². The topological polar surface area (TPSA) is 27.1 Å². The van der Waals surface area contributed by atoms with Crippen LogP contribution in [0.3, 0.4) is 0 Å². The summed E-state index contributed by atoms with van der Waals surface area (Å²) in [5, 5.41) is 4.79. The van der Waals surface area contributed by atoms with Gasteiger partial charge in [0.05, 0.1) is 24.9 Å². The van der Waals surface area contributed by atoms with E-state index < -0.39 is 0 Å². The van der Waals surface area contributed by atoms with Crippen LogP contribution in [0.15, 0.2) is 0 Å². The molecule has 0 unspecified atom stereocenters. The van der Waals surface area contributed by atoms with E-state index in [4.69, 9.17) is 9.84 Å². The summed E-state index contributed by atoms with van der Waals surface area (Å²) in [4.78, 5) is 0. The third-order valence-corrected chi connectivity index (χ3v) is 3.50. The van der Waals surface area contributed by atoms with Crippen molar-refractivity contribution in [3.05, 3.63) is 17.0 Å². The fraction of sp³-hybridized carbons (Fsp3) is 0.750. The molecule has 82 valence electrons. The zero-order valence-corrected chi connectivity index (χ0v) is 9.49. The van der Waals surface area contributed by atoms with Gasteiger partial charge in [-0.2, -0.15) is 5.10 Å². The molecular weight excluding hydrogens is 188 g/mol. The second-order valence-corrected chi connectivity index (χ2v) is 4.95. The first-order valence-corrected chi connectivity index (χ1v) is 5.95. The van der Waals surface area contributed by atoms with Crippen LogP contribution in [0.25, 0.3) is 0 Å². The van der Waals surface area contributed by atoms with Gasteiger partial charge in [0.1, 0.15) is 0 Å². The summed E-state index contributed by atoms with van der Waals surface area (Å²) in [5.74, 6) is 0.555. The second kappa shape index (κ2) is 3.34. The van der Waals surface area contributed by atoms with Crippen LogP contribution < -0.4 is 0 Å². The number of rotatable bonds is 2. The molecule has 1 fully saturated rings. The van der Waals surface area contributed by atoms with Crippen molar-refractivity contribution in [3.63, 3.8) is 0 Å². The van der Waals surface area contributed by atoms with E-state index >= 15 is 0 Å². The standard InChI is InChI=1S/C12H18N2O/c1-8(2)12-10-4-3-5-11(10)14(13-12)9-6-15-7-9/h8-9H,3-7H2,1-2H3. The minimum atomic E-state index is 0.518. The maximum atomic E-state index is 5.26. The Kier molecular flexibility index (Phi) is 2.09. The smallest absolute Gasteiger partial charge is 0.0988 e. The SMILES string of the molecule is CC(C)c1nn(C2COC2)c2c1CCC2. The van der Waals surface area contributed by atoms with Crippen LogP contribution in [-0.2, 0) is 17.6 Å². The quantitative estimate of drug-likeness (QED) is 0.740. The van der Waals surface area contributed by atoms with Gasteiger partial charge in [0.2, 0.25) is 0 Å². The van der Waals surface area contributed by atoms with Crippen LogP contribution in [0.1, 0.15) is 49.2 Å². The molecule has 1 saturated heterocycles. The van der Waals surface area contributed by atoms with Crippen molar-refractivity contribution in [2.24, 2.45) is 0 Å². The van der Waals surface area contributed by atoms with Crippen molar-refractivity contribution >= 4 is 0 Å². The molecule has 0 spiro atoms. The van der Waals surface area contributed by atoms with Gasteiger partial charge in [-0.3, -0.25) is 4.68 Å². The van der Waals surface area contributed by atoms with Gasteiger partial charge >= 0.3 is 0 Å². The molecule has 1 aromatic rings. The highest BCUT2D eigenvalue weighted by Crippen LogP contribution is 2.32. The molecule has 0 N–H and O–H groups in total. The number of aromatic nitrogens is 2. The summed E-state index contributed by atoms with van der Waals surface area (Å²) >= 11 is 0. The lowest BCUT2D eigenvalue weighted by Gasteiger charge is -2.27. The lowest BCUT2D eigenvalue weighted by molar-refractivity contribution is -0.0299. The molecular formula is C12H18N2O. The number of hydrogen-bond donors (Lipinski definition) is 0. The van der Waals surface area contributed by atoms with E-state index in [-0.39, 0.29) is 0 Å². The van der Waals surface area contributed by atoms with E-state index in [1.54, 1.807) is 0 Å². The summed E-state index contributed by atoms with van der Waals surface area (Å²) < 4.78 is 7.51. The molecule has 0 saturated carbocycles. The molecule has 0 aromatic carbocycles. The van der Waals surface area contributed by atoms with Crippen molar-refractivity contribution in [1.82, 2.24) is 9.78 Å². The Bertz CT molecular complexity index is 377. The summed E-state index contributed by atoms with van der Waals surface area (Å²) in [6, 6.07) is 0.518. The number of hydrogen-bond acceptors (Lipinski definition) is 2. The van der Waals surface area contributed by atoms with Crippen molar-refractivity contribution in [3.8, 4) is 0 Å². The average molecular weight is 206 g/mol. The van der Waals surface area contributed by atoms with Crippen molar-refractivity contribution in [2.75, 3.05) is 13.2 Å². The van der Waals surface area contributed by atoms with Crippen LogP contribution in [-0.4, -0.2) is 23.0 Å². The maximum Gasteiger partial charge on any atom is 0.0988 e. The van der Waals surface area contributed by atoms with E-state index in [1.807, 2.05) is 0 Å². The lowest BCUT2D eigenvalue weighted by Crippen LogP contribution is -2.32. The molecule has 3 rings (SSSR count). The van der Waals surface area contributed by atoms with Crippen LogP contribution in [0, 0.1) is 0 Å². The van der Waals surface area contributed by atoms with Gasteiger partial charge in [0.25, 0.3) is 0 Å². The molecule has 2 heterocycles. The Morgan fingerprint density at radius 3 is 2.73 bits per heavy atom. The van der Waals surface area contributed by atoms with E-state index in [2.05, 4.69) is 18.5 Å². The first-order valence-electron chi connectivity index (χ1n) is 5.95. The van der Waals surface area contributed by atoms with E-state index in [1.165, 1.54) is 36.2 Å². The minimum Gasteiger partial charge on any atom is -0.377 e. The Balaban J connectivity index is 2.03. The highest BCUT2D eigenvalue weighted by molar-refractivity contribution is 5.33. The van der Waals surface area contributed by atoms with Crippen molar-refractivity contribution in [1.29, 1.82) is 0 Å². The number of ether oxygens (including phenoxy) is 1. The zero-order chi connectivity index (χ0) is 10.4. The van der Waals surface area contributed by atoms with Crippen LogP contribution in [0.2, 0.25) is 0 Å². The largest absolute Gasteiger partial charge is 0.377 e. The van der Waals surface area contributed by atoms with Gasteiger partial charge in [-0.15, -0.1) is 0 Å². The summed E-state index contributed by atoms with van der Waals surface area (Å²) in [6.07, 6.45) is 3.75. The molecule has 0 bridgehead atoms. The number of nitrogens with zero attached hydrogens (tertiary/aromatic N) is 2. The molecule has 1 aromatic heterocycles. The molecule has 1 aliphatic carbocycles. The third-order valence-electron chi connectivity index (χ3n) is 3.50. The van der Waals surface area contributed by atoms with Crippen molar-refractivity contribution < 1.29 is 4.74 Å². The Morgan fingerprint density at radius 2 is 2.13 bits per heavy atom. The van der Waals surface area contributed by atoms with Gasteiger partial charge < -0.3 is 4.74 Å². The molecule has 0 amide bonds. The van der Waals surface area contributed by atoms with Gasteiger partial charge in [-0.05, 0) is 30.7 Å². The molecule has 1 aliphatic heterocycles. The fourth-order valence-electron chi connectivity index (χ4n) is 2.62. The number of fused-ring (bicyclic) bond motifs is 1. The normalized spacial score (nSPS) is 20.7. The summed E-state index contributed by atoms with van der Waals surface area (Å²) in [7, 11) is 0. The lowest BCUT2D eigenvalue weighted by atomic mass is 10.0. The van der Waals surface area contributed by atoms with Gasteiger partial charge in [0.15, 0.2) is 0 Å². The van der Waals surface area contributed by atoms with E-state index in [0.29, 0.717) is 12.0 Å². The van der Waals surface area contributed by atoms with Crippen LogP contribution >= 0.6 is 0 Å². The fourth-order valence-corrected chi connectivity index (χ4v) is 2.62.